The van der Waals surface area contributed by atoms with Gasteiger partial charge in [0.15, 0.2) is 11.3 Å². The molecule has 1 aliphatic heterocycles. The first kappa shape index (κ1) is 39.9. The first-order valence-electron chi connectivity index (χ1n) is 21.0. The van der Waals surface area contributed by atoms with E-state index >= 15 is 0 Å². The van der Waals surface area contributed by atoms with E-state index in [1.807, 2.05) is 38.1 Å². The van der Waals surface area contributed by atoms with Gasteiger partial charge in [-0.25, -0.2) is 0 Å². The van der Waals surface area contributed by atoms with E-state index < -0.39 is 5.60 Å². The lowest BCUT2D eigenvalue weighted by atomic mass is 9.82. The van der Waals surface area contributed by atoms with Crippen molar-refractivity contribution >= 4 is 45.8 Å². The maximum atomic E-state index is 9.95. The van der Waals surface area contributed by atoms with Crippen LogP contribution in [0, 0.1) is 34.0 Å². The number of rotatable bonds is 7. The molecule has 0 radical (unpaired) electrons. The fraction of sp³-hybridized carbons (Fsp3) is 0.161. The van der Waals surface area contributed by atoms with E-state index in [1.165, 1.54) is 54.3 Å². The van der Waals surface area contributed by atoms with Gasteiger partial charge in [0.1, 0.15) is 29.4 Å². The Hall–Kier alpha value is -7.21. The van der Waals surface area contributed by atoms with Crippen molar-refractivity contribution in [2.45, 2.75) is 58.0 Å². The van der Waals surface area contributed by atoms with Crippen LogP contribution in [0.15, 0.2) is 162 Å². The molecule has 7 heteroatoms. The largest absolute Gasteiger partial charge is 0.480 e. The maximum Gasteiger partial charge on any atom is 0.172 e. The summed E-state index contributed by atoms with van der Waals surface area (Å²) in [6, 6.07) is 55.0. The number of benzene rings is 5. The second-order valence-electron chi connectivity index (χ2n) is 17.8. The number of ether oxygens (including phenoxy) is 1. The number of anilines is 3. The maximum absolute atomic E-state index is 9.95. The monoisotopic (exact) mass is 850 g/mol. The number of fused-ring (bicyclic) bond motifs is 6. The highest BCUT2D eigenvalue weighted by atomic mass is 32.1. The number of nitriles is 3. The average molecular weight is 851 g/mol. The molecule has 10 rings (SSSR count). The van der Waals surface area contributed by atoms with Gasteiger partial charge < -0.3 is 9.64 Å². The van der Waals surface area contributed by atoms with Crippen molar-refractivity contribution in [3.63, 3.8) is 0 Å². The lowest BCUT2D eigenvalue weighted by Crippen LogP contribution is -2.20. The molecule has 0 amide bonds. The van der Waals surface area contributed by atoms with Crippen LogP contribution in [0.5, 0.6) is 0 Å². The van der Waals surface area contributed by atoms with Crippen molar-refractivity contribution in [3.05, 3.63) is 189 Å². The van der Waals surface area contributed by atoms with Gasteiger partial charge in [0.05, 0.1) is 0 Å². The van der Waals surface area contributed by atoms with Crippen LogP contribution in [0.25, 0.3) is 48.5 Å². The van der Waals surface area contributed by atoms with Crippen LogP contribution in [0.3, 0.4) is 0 Å². The van der Waals surface area contributed by atoms with E-state index in [9.17, 15) is 15.8 Å². The Morgan fingerprint density at radius 2 is 1.05 bits per heavy atom. The summed E-state index contributed by atoms with van der Waals surface area (Å²) < 4.78 is 5.94. The summed E-state index contributed by atoms with van der Waals surface area (Å²) in [4.78, 5) is 6.93. The number of thiophene rings is 2. The molecule has 5 nitrogen and oxygen atoms in total. The predicted molar refractivity (Wildman–Crippen MR) is 258 cm³/mol. The standard InChI is InChI=1S/C56H42N4OS2/c1-54(2)45-13-9-7-11-40(45)42-23-19-37(29-48(42)54)60(38-20-24-43-41-12-8-10-14-46(41)55(3,4)49(43)30-38)36-17-15-34(16-18-36)50-27-28-52(63-50)51-26-22-39(62-51)21-25-47-44(33-59)53(35(31-57)32-58)61-56(47,5)6/h7-30H,1-6H3/b25-21+. The van der Waals surface area contributed by atoms with E-state index in [0.717, 1.165) is 32.4 Å². The second kappa shape index (κ2) is 14.7. The Labute approximate surface area is 377 Å². The number of nitrogens with zero attached hydrogens (tertiary/aromatic N) is 4. The van der Waals surface area contributed by atoms with Crippen LogP contribution in [-0.4, -0.2) is 5.60 Å². The highest BCUT2D eigenvalue weighted by molar-refractivity contribution is 7.24. The zero-order valence-corrected chi connectivity index (χ0v) is 37.5. The molecular formula is C56H42N4OS2. The zero-order valence-electron chi connectivity index (χ0n) is 35.9. The van der Waals surface area contributed by atoms with E-state index in [2.05, 4.69) is 172 Å². The van der Waals surface area contributed by atoms with Gasteiger partial charge in [0.2, 0.25) is 0 Å². The van der Waals surface area contributed by atoms with Crippen LogP contribution in [0.1, 0.15) is 68.7 Å². The van der Waals surface area contributed by atoms with Gasteiger partial charge in [-0.2, -0.15) is 15.8 Å². The fourth-order valence-corrected chi connectivity index (χ4v) is 11.7. The normalized spacial score (nSPS) is 15.8. The summed E-state index contributed by atoms with van der Waals surface area (Å²) in [6.45, 7) is 13.0. The molecular weight excluding hydrogens is 809 g/mol. The van der Waals surface area contributed by atoms with Gasteiger partial charge in [0, 0.05) is 53.0 Å². The summed E-state index contributed by atoms with van der Waals surface area (Å²) in [7, 11) is 0. The number of hydrogen-bond acceptors (Lipinski definition) is 7. The highest BCUT2D eigenvalue weighted by Gasteiger charge is 2.40. The predicted octanol–water partition coefficient (Wildman–Crippen LogP) is 15.2. The Kier molecular flexibility index (Phi) is 9.32. The molecule has 0 unspecified atom stereocenters. The summed E-state index contributed by atoms with van der Waals surface area (Å²) >= 11 is 3.43. The molecule has 0 saturated heterocycles. The third kappa shape index (κ3) is 6.37. The molecule has 0 saturated carbocycles. The van der Waals surface area contributed by atoms with Crippen LogP contribution < -0.4 is 4.90 Å². The zero-order chi connectivity index (χ0) is 43.8. The van der Waals surface area contributed by atoms with Crippen LogP contribution in [0.4, 0.5) is 17.1 Å². The first-order valence-corrected chi connectivity index (χ1v) is 22.6. The summed E-state index contributed by atoms with van der Waals surface area (Å²) in [6.07, 6.45) is 3.83. The first-order chi connectivity index (χ1) is 30.3. The molecule has 0 atom stereocenters. The second-order valence-corrected chi connectivity index (χ2v) is 20.0. The van der Waals surface area contributed by atoms with Crippen molar-refractivity contribution in [2.75, 3.05) is 4.90 Å². The molecule has 0 bridgehead atoms. The van der Waals surface area contributed by atoms with Gasteiger partial charge in [-0.3, -0.25) is 0 Å². The quantitative estimate of drug-likeness (QED) is 0.149. The number of hydrogen-bond donors (Lipinski definition) is 0. The molecule has 2 aliphatic carbocycles. The van der Waals surface area contributed by atoms with Gasteiger partial charge in [-0.05, 0) is 131 Å². The minimum Gasteiger partial charge on any atom is -0.480 e. The van der Waals surface area contributed by atoms with Crippen molar-refractivity contribution in [1.82, 2.24) is 0 Å². The molecule has 3 aliphatic rings. The summed E-state index contributed by atoms with van der Waals surface area (Å²) in [5.41, 5.74) is 14.7. The van der Waals surface area contributed by atoms with Gasteiger partial charge >= 0.3 is 0 Å². The van der Waals surface area contributed by atoms with Crippen LogP contribution in [-0.2, 0) is 15.6 Å². The summed E-state index contributed by atoms with van der Waals surface area (Å²) in [5, 5.41) is 28.8. The minimum absolute atomic E-state index is 0.0445. The molecule has 304 valence electrons. The molecule has 0 fully saturated rings. The van der Waals surface area contributed by atoms with E-state index in [4.69, 9.17) is 4.74 Å². The van der Waals surface area contributed by atoms with E-state index in [-0.39, 0.29) is 27.7 Å². The molecule has 7 aromatic rings. The topological polar surface area (TPSA) is 83.8 Å². The van der Waals surface area contributed by atoms with Crippen molar-refractivity contribution in [2.24, 2.45) is 0 Å². The smallest absolute Gasteiger partial charge is 0.172 e. The molecule has 3 heterocycles. The van der Waals surface area contributed by atoms with Crippen molar-refractivity contribution in [3.8, 4) is 60.7 Å². The van der Waals surface area contributed by atoms with Crippen LogP contribution >= 0.6 is 22.7 Å². The summed E-state index contributed by atoms with van der Waals surface area (Å²) in [5.74, 6) is 0.0445. The SMILES string of the molecule is CC1(C)OC(=C(C#N)C#N)C(C#N)=C1/C=C/c1ccc(-c2ccc(-c3ccc(N(c4ccc5c(c4)C(C)(C)c4ccccc4-5)c4ccc5c(c4)C(C)(C)c4ccccc4-5)cc3)s2)s1. The van der Waals surface area contributed by atoms with Gasteiger partial charge in [-0.1, -0.05) is 107 Å². The Bertz CT molecular complexity index is 3150. The number of allylic oxidation sites excluding steroid dienone is 2. The average Bonchev–Trinajstić information content (AvgIpc) is 4.10. The van der Waals surface area contributed by atoms with Crippen molar-refractivity contribution < 1.29 is 4.74 Å². The minimum atomic E-state index is -0.861. The van der Waals surface area contributed by atoms with Crippen LogP contribution in [0.2, 0.25) is 0 Å². The molecule has 5 aromatic carbocycles. The molecule has 2 aromatic heterocycles. The highest BCUT2D eigenvalue weighted by Crippen LogP contribution is 2.53. The Balaban J connectivity index is 0.975. The fourth-order valence-electron chi connectivity index (χ4n) is 9.73. The van der Waals surface area contributed by atoms with E-state index in [0.29, 0.717) is 5.57 Å². The Morgan fingerprint density at radius 3 is 1.62 bits per heavy atom. The lowest BCUT2D eigenvalue weighted by molar-refractivity contribution is 0.0954. The Morgan fingerprint density at radius 1 is 0.540 bits per heavy atom. The third-order valence-electron chi connectivity index (χ3n) is 13.0. The molecule has 0 spiro atoms. The lowest BCUT2D eigenvalue weighted by Gasteiger charge is -2.30. The third-order valence-corrected chi connectivity index (χ3v) is 15.4. The van der Waals surface area contributed by atoms with Gasteiger partial charge in [0.25, 0.3) is 0 Å². The molecule has 63 heavy (non-hydrogen) atoms. The van der Waals surface area contributed by atoms with Gasteiger partial charge in [-0.15, -0.1) is 22.7 Å². The van der Waals surface area contributed by atoms with Crippen molar-refractivity contribution in [1.29, 1.82) is 15.8 Å². The van der Waals surface area contributed by atoms with E-state index in [1.54, 1.807) is 22.7 Å². The molecule has 0 N–H and O–H groups in total.